The van der Waals surface area contributed by atoms with Crippen LogP contribution in [0.25, 0.3) is 16.8 Å². The average Bonchev–Trinajstić information content (AvgIpc) is 3.56. The minimum absolute atomic E-state index is 0.0532. The van der Waals surface area contributed by atoms with Crippen LogP contribution < -0.4 is 4.90 Å². The molecule has 2 fully saturated rings. The Morgan fingerprint density at radius 3 is 2.56 bits per heavy atom. The molecule has 1 spiro atoms. The van der Waals surface area contributed by atoms with Gasteiger partial charge in [0.05, 0.1) is 0 Å². The summed E-state index contributed by atoms with van der Waals surface area (Å²) in [6.07, 6.45) is 7.83. The maximum atomic E-state index is 11.4. The zero-order valence-corrected chi connectivity index (χ0v) is 19.5. The first-order chi connectivity index (χ1) is 16.4. The molecule has 1 saturated carbocycles. The number of hydrogen-bond donors (Lipinski definition) is 1. The highest BCUT2D eigenvalue weighted by Gasteiger charge is 2.44. The van der Waals surface area contributed by atoms with E-state index in [1.54, 1.807) is 0 Å². The van der Waals surface area contributed by atoms with Gasteiger partial charge in [-0.05, 0) is 68.6 Å². The van der Waals surface area contributed by atoms with Crippen LogP contribution in [0.5, 0.6) is 0 Å². The number of piperidine rings is 1. The van der Waals surface area contributed by atoms with Gasteiger partial charge in [0.15, 0.2) is 5.69 Å². The fraction of sp³-hybridized carbons (Fsp3) is 0.407. The lowest BCUT2D eigenvalue weighted by atomic mass is 9.63. The minimum Gasteiger partial charge on any atom is -0.477 e. The maximum absolute atomic E-state index is 11.4. The lowest BCUT2D eigenvalue weighted by Gasteiger charge is -2.46. The molecule has 0 amide bonds. The van der Waals surface area contributed by atoms with Crippen LogP contribution in [0.1, 0.15) is 71.1 Å². The van der Waals surface area contributed by atoms with Gasteiger partial charge in [-0.1, -0.05) is 35.5 Å². The molecule has 174 valence electrons. The molecule has 7 heteroatoms. The first-order valence-electron chi connectivity index (χ1n) is 12.0. The highest BCUT2D eigenvalue weighted by atomic mass is 16.5. The number of carboxylic acids is 1. The van der Waals surface area contributed by atoms with Crippen molar-refractivity contribution in [2.24, 2.45) is 5.41 Å². The van der Waals surface area contributed by atoms with Crippen molar-refractivity contribution in [2.75, 3.05) is 18.0 Å². The van der Waals surface area contributed by atoms with Gasteiger partial charge in [0.25, 0.3) is 0 Å². The third kappa shape index (κ3) is 3.59. The van der Waals surface area contributed by atoms with Gasteiger partial charge in [-0.15, -0.1) is 0 Å². The van der Waals surface area contributed by atoms with Gasteiger partial charge in [-0.25, -0.2) is 14.8 Å². The van der Waals surface area contributed by atoms with E-state index >= 15 is 0 Å². The number of nitrogens with zero attached hydrogens (tertiary/aromatic N) is 4. The second kappa shape index (κ2) is 7.79. The van der Waals surface area contributed by atoms with Crippen LogP contribution in [0.2, 0.25) is 0 Å². The molecule has 3 aliphatic rings. The molecule has 34 heavy (non-hydrogen) atoms. The molecular formula is C27H28N4O3. The molecule has 3 aromatic rings. The molecule has 2 aliphatic carbocycles. The van der Waals surface area contributed by atoms with E-state index in [2.05, 4.69) is 57.3 Å². The van der Waals surface area contributed by atoms with E-state index in [-0.39, 0.29) is 11.1 Å². The summed E-state index contributed by atoms with van der Waals surface area (Å²) in [4.78, 5) is 22.3. The van der Waals surface area contributed by atoms with Crippen LogP contribution in [0.4, 0.5) is 5.95 Å². The average molecular weight is 457 g/mol. The standard InChI is InChI=1S/C27H28N4O3/c1-16-5-3-4-6-20(16)23-22(24(34-30-23)18-7-8-18)19-14-27(15-19)9-11-31(12-10-27)26-28-17(2)13-21(29-26)25(32)33/h3-6,13-14,18H,7-12,15H2,1-2H3,(H,32,33). The maximum Gasteiger partial charge on any atom is 0.354 e. The normalized spacial score (nSPS) is 19.1. The molecule has 1 aromatic carbocycles. The van der Waals surface area contributed by atoms with E-state index in [4.69, 9.17) is 4.52 Å². The van der Waals surface area contributed by atoms with Crippen molar-refractivity contribution in [1.29, 1.82) is 0 Å². The van der Waals surface area contributed by atoms with Crippen molar-refractivity contribution < 1.29 is 14.4 Å². The summed E-state index contributed by atoms with van der Waals surface area (Å²) in [6, 6.07) is 9.89. The van der Waals surface area contributed by atoms with E-state index in [9.17, 15) is 9.90 Å². The lowest BCUT2D eigenvalue weighted by Crippen LogP contribution is -2.43. The van der Waals surface area contributed by atoms with E-state index in [1.165, 1.54) is 35.6 Å². The number of aromatic carboxylic acids is 1. The number of carbonyl (C=O) groups is 1. The Kier molecular flexibility index (Phi) is 4.83. The molecule has 7 nitrogen and oxygen atoms in total. The SMILES string of the molecule is Cc1cc(C(=O)O)nc(N2CCC3(C=C(c4c(-c5ccccc5C)noc4C4CC4)C3)CC2)n1. The molecule has 0 radical (unpaired) electrons. The number of benzene rings is 1. The van der Waals surface area contributed by atoms with Crippen LogP contribution in [-0.4, -0.2) is 39.3 Å². The number of hydrogen-bond acceptors (Lipinski definition) is 6. The summed E-state index contributed by atoms with van der Waals surface area (Å²) >= 11 is 0. The zero-order valence-electron chi connectivity index (χ0n) is 19.5. The summed E-state index contributed by atoms with van der Waals surface area (Å²) in [5.41, 5.74) is 6.82. The monoisotopic (exact) mass is 456 g/mol. The molecule has 6 rings (SSSR count). The molecule has 0 atom stereocenters. The van der Waals surface area contributed by atoms with Gasteiger partial charge in [0.2, 0.25) is 5.95 Å². The number of rotatable bonds is 5. The zero-order chi connectivity index (χ0) is 23.4. The Bertz CT molecular complexity index is 1310. The topological polar surface area (TPSA) is 92.3 Å². The summed E-state index contributed by atoms with van der Waals surface area (Å²) < 4.78 is 5.91. The molecule has 1 aliphatic heterocycles. The molecule has 3 heterocycles. The fourth-order valence-electron chi connectivity index (χ4n) is 5.42. The van der Waals surface area contributed by atoms with Gasteiger partial charge in [-0.3, -0.25) is 0 Å². The first kappa shape index (κ1) is 21.1. The van der Waals surface area contributed by atoms with Crippen LogP contribution in [0.15, 0.2) is 40.9 Å². The smallest absolute Gasteiger partial charge is 0.354 e. The van der Waals surface area contributed by atoms with Crippen molar-refractivity contribution in [3.05, 3.63) is 64.7 Å². The van der Waals surface area contributed by atoms with Crippen molar-refractivity contribution in [1.82, 2.24) is 15.1 Å². The number of allylic oxidation sites excluding steroid dienone is 2. The van der Waals surface area contributed by atoms with Crippen LogP contribution >= 0.6 is 0 Å². The van der Waals surface area contributed by atoms with E-state index in [0.717, 1.165) is 49.4 Å². The molecule has 1 N–H and O–H groups in total. The van der Waals surface area contributed by atoms with Crippen LogP contribution in [0.3, 0.4) is 0 Å². The van der Waals surface area contributed by atoms with Gasteiger partial charge in [0.1, 0.15) is 11.5 Å². The van der Waals surface area contributed by atoms with Crippen LogP contribution in [-0.2, 0) is 0 Å². The minimum atomic E-state index is -1.02. The third-order valence-corrected chi connectivity index (χ3v) is 7.51. The Balaban J connectivity index is 1.25. The molecule has 0 bridgehead atoms. The third-order valence-electron chi connectivity index (χ3n) is 7.51. The number of aromatic nitrogens is 3. The second-order valence-corrected chi connectivity index (χ2v) is 10.1. The fourth-order valence-corrected chi connectivity index (χ4v) is 5.42. The Morgan fingerprint density at radius 1 is 1.15 bits per heavy atom. The molecule has 0 unspecified atom stereocenters. The number of anilines is 1. The predicted molar refractivity (Wildman–Crippen MR) is 129 cm³/mol. The highest BCUT2D eigenvalue weighted by Crippen LogP contribution is 2.55. The lowest BCUT2D eigenvalue weighted by molar-refractivity contribution is 0.0690. The van der Waals surface area contributed by atoms with Gasteiger partial charge >= 0.3 is 5.97 Å². The number of carboxylic acid groups (broad SMARTS) is 1. The Labute approximate surface area is 198 Å². The summed E-state index contributed by atoms with van der Waals surface area (Å²) in [5, 5.41) is 13.9. The van der Waals surface area contributed by atoms with Crippen molar-refractivity contribution in [3.8, 4) is 11.3 Å². The molecular weight excluding hydrogens is 428 g/mol. The van der Waals surface area contributed by atoms with Crippen molar-refractivity contribution in [2.45, 2.75) is 51.9 Å². The molecule has 2 aromatic heterocycles. The second-order valence-electron chi connectivity index (χ2n) is 10.1. The number of aryl methyl sites for hydroxylation is 2. The van der Waals surface area contributed by atoms with Gasteiger partial charge in [-0.2, -0.15) is 0 Å². The Morgan fingerprint density at radius 2 is 1.88 bits per heavy atom. The van der Waals surface area contributed by atoms with Crippen molar-refractivity contribution in [3.63, 3.8) is 0 Å². The first-order valence-corrected chi connectivity index (χ1v) is 12.0. The summed E-state index contributed by atoms with van der Waals surface area (Å²) in [5.74, 6) is 1.07. The van der Waals surface area contributed by atoms with Gasteiger partial charge < -0.3 is 14.5 Å². The van der Waals surface area contributed by atoms with Gasteiger partial charge in [0, 0.05) is 35.8 Å². The van der Waals surface area contributed by atoms with Crippen molar-refractivity contribution >= 4 is 17.5 Å². The predicted octanol–water partition coefficient (Wildman–Crippen LogP) is 5.40. The summed E-state index contributed by atoms with van der Waals surface area (Å²) in [7, 11) is 0. The van der Waals surface area contributed by atoms with E-state index < -0.39 is 5.97 Å². The quantitative estimate of drug-likeness (QED) is 0.550. The van der Waals surface area contributed by atoms with E-state index in [0.29, 0.717) is 17.6 Å². The van der Waals surface area contributed by atoms with E-state index in [1.807, 2.05) is 6.92 Å². The largest absolute Gasteiger partial charge is 0.477 e. The molecule has 1 saturated heterocycles. The highest BCUT2D eigenvalue weighted by molar-refractivity contribution is 5.86. The Hall–Kier alpha value is -3.48. The summed E-state index contributed by atoms with van der Waals surface area (Å²) in [6.45, 7) is 5.57. The van der Waals surface area contributed by atoms with Crippen LogP contribution in [0, 0.1) is 19.3 Å².